The summed E-state index contributed by atoms with van der Waals surface area (Å²) in [6.07, 6.45) is 1.07. The van der Waals surface area contributed by atoms with Gasteiger partial charge in [-0.1, -0.05) is 59.7 Å². The number of anilines is 1. The highest BCUT2D eigenvalue weighted by Crippen LogP contribution is 2.64. The molecule has 0 spiro atoms. The van der Waals surface area contributed by atoms with E-state index < -0.39 is 64.7 Å². The first-order valence-corrected chi connectivity index (χ1v) is 16.6. The van der Waals surface area contributed by atoms with Crippen LogP contribution in [-0.2, 0) is 29.3 Å². The molecule has 2 N–H and O–H groups in total. The number of phenols is 1. The second-order valence-electron chi connectivity index (χ2n) is 12.6. The maximum Gasteiger partial charge on any atom is 0.423 e. The molecule has 2 aliphatic carbocycles. The van der Waals surface area contributed by atoms with E-state index in [1.165, 1.54) is 7.11 Å². The lowest BCUT2D eigenvalue weighted by Gasteiger charge is -2.50. The molecule has 7 rings (SSSR count). The number of ether oxygens (including phenoxy) is 2. The Hall–Kier alpha value is -4.72. The first-order valence-electron chi connectivity index (χ1n) is 15.5. The van der Waals surface area contributed by atoms with Gasteiger partial charge in [0, 0.05) is 5.92 Å². The van der Waals surface area contributed by atoms with Gasteiger partial charge in [0.05, 0.1) is 46.6 Å². The van der Waals surface area contributed by atoms with Gasteiger partial charge < -0.3 is 14.6 Å². The average Bonchev–Trinajstić information content (AvgIpc) is 3.47. The number of rotatable bonds is 5. The van der Waals surface area contributed by atoms with Gasteiger partial charge in [-0.2, -0.15) is 9.91 Å². The van der Waals surface area contributed by atoms with E-state index in [4.69, 9.17) is 9.47 Å². The predicted octanol–water partition coefficient (Wildman–Crippen LogP) is 5.07. The number of fused-ring (bicyclic) bond motifs is 4. The summed E-state index contributed by atoms with van der Waals surface area (Å²) < 4.78 is 10.8. The van der Waals surface area contributed by atoms with Crippen LogP contribution in [0.3, 0.4) is 0 Å². The van der Waals surface area contributed by atoms with Crippen molar-refractivity contribution in [1.29, 1.82) is 0 Å². The molecule has 6 atom stereocenters. The molecule has 4 aliphatic rings. The summed E-state index contributed by atoms with van der Waals surface area (Å²) >= 11 is 2.00. The smallest absolute Gasteiger partial charge is 0.423 e. The van der Waals surface area contributed by atoms with E-state index in [0.29, 0.717) is 30.9 Å². The number of methoxy groups -OCH3 is 2. The van der Waals surface area contributed by atoms with Crippen LogP contribution in [0.5, 0.6) is 11.5 Å². The zero-order valence-corrected chi connectivity index (χ0v) is 28.5. The van der Waals surface area contributed by atoms with E-state index in [-0.39, 0.29) is 24.3 Å². The van der Waals surface area contributed by atoms with E-state index in [1.54, 1.807) is 24.3 Å². The minimum atomic E-state index is -1.48. The fourth-order valence-corrected chi connectivity index (χ4v) is 8.93. The van der Waals surface area contributed by atoms with Crippen molar-refractivity contribution < 1.29 is 38.6 Å². The molecule has 2 heterocycles. The van der Waals surface area contributed by atoms with Gasteiger partial charge >= 0.3 is 6.09 Å². The fourth-order valence-electron chi connectivity index (χ4n) is 8.31. The molecule has 12 heteroatoms. The minimum Gasteiger partial charge on any atom is -0.504 e. The fraction of sp³-hybridized carbons (Fsp3) is 0.306. The summed E-state index contributed by atoms with van der Waals surface area (Å²) in [4.78, 5) is 70.4. The van der Waals surface area contributed by atoms with Crippen LogP contribution in [0.2, 0.25) is 0 Å². The van der Waals surface area contributed by atoms with Crippen molar-refractivity contribution >= 4 is 58.0 Å². The molecule has 0 radical (unpaired) electrons. The van der Waals surface area contributed by atoms with E-state index >= 15 is 4.79 Å². The lowest BCUT2D eigenvalue weighted by atomic mass is 9.49. The maximum absolute atomic E-state index is 15.2. The number of nitrogens with one attached hydrogen (secondary N) is 1. The van der Waals surface area contributed by atoms with Crippen LogP contribution in [0.25, 0.3) is 0 Å². The molecule has 3 fully saturated rings. The number of aryl methyl sites for hydroxylation is 1. The van der Waals surface area contributed by atoms with Gasteiger partial charge in [-0.25, -0.2) is 4.79 Å². The topological polar surface area (TPSA) is 143 Å². The SMILES string of the molecule is COC(=O)N1C(=O)[C@H]2[C@H](CC=C3[C@H]2C[C@H]2C(=O)N(Nc4ccc(C)cc4)C(=O)[C@@]2(c2ccccc2)[C@H]3c2cc(I)c(O)c(OC)c2)C1=O. The number of phenolic OH excluding ortho intramolecular Hbond substituents is 1. The summed E-state index contributed by atoms with van der Waals surface area (Å²) in [6, 6.07) is 19.9. The summed E-state index contributed by atoms with van der Waals surface area (Å²) in [6.45, 7) is 1.94. The van der Waals surface area contributed by atoms with Gasteiger partial charge in [0.2, 0.25) is 11.8 Å². The van der Waals surface area contributed by atoms with E-state index in [0.717, 1.165) is 17.7 Å². The Morgan fingerprint density at radius 3 is 2.33 bits per heavy atom. The van der Waals surface area contributed by atoms with Crippen molar-refractivity contribution in [3.8, 4) is 11.5 Å². The van der Waals surface area contributed by atoms with Crippen molar-refractivity contribution in [3.05, 3.63) is 98.6 Å². The van der Waals surface area contributed by atoms with Gasteiger partial charge in [-0.05, 0) is 83.7 Å². The molecule has 246 valence electrons. The third kappa shape index (κ3) is 4.48. The molecule has 5 amide bonds. The lowest BCUT2D eigenvalue weighted by molar-refractivity contribution is -0.140. The number of nitrogens with zero attached hydrogens (tertiary/aromatic N) is 2. The standard InChI is InChI=1S/C36H32IN3O8/c1-18-9-11-21(12-10-18)38-40-32(43)25-17-24-22(13-14-23-28(24)33(44)39(31(23)42)35(46)48-3)29(19-15-26(37)30(41)27(16-19)47-2)36(25,34(40)45)20-7-5-4-6-8-20/h4-13,15-16,23-25,28-29,38,41H,14,17H2,1-3H3/t23-,24+,25-,28-,29-,36+/m0/s1. The zero-order valence-electron chi connectivity index (χ0n) is 26.3. The Morgan fingerprint density at radius 2 is 1.67 bits per heavy atom. The monoisotopic (exact) mass is 761 g/mol. The van der Waals surface area contributed by atoms with Crippen LogP contribution in [0, 0.1) is 34.2 Å². The van der Waals surface area contributed by atoms with Crippen LogP contribution in [-0.4, -0.2) is 59.0 Å². The van der Waals surface area contributed by atoms with Crippen molar-refractivity contribution in [2.45, 2.75) is 31.1 Å². The predicted molar refractivity (Wildman–Crippen MR) is 180 cm³/mol. The average molecular weight is 762 g/mol. The number of carbonyl (C=O) groups is 5. The highest BCUT2D eigenvalue weighted by molar-refractivity contribution is 14.1. The molecule has 11 nitrogen and oxygen atoms in total. The molecule has 3 aromatic rings. The van der Waals surface area contributed by atoms with Crippen LogP contribution >= 0.6 is 22.6 Å². The summed E-state index contributed by atoms with van der Waals surface area (Å²) in [5, 5.41) is 11.9. The number of hydrazine groups is 1. The minimum absolute atomic E-state index is 0.0704. The molecular formula is C36H32IN3O8. The van der Waals surface area contributed by atoms with Crippen molar-refractivity contribution in [3.63, 3.8) is 0 Å². The van der Waals surface area contributed by atoms with Crippen molar-refractivity contribution in [2.75, 3.05) is 19.6 Å². The van der Waals surface area contributed by atoms with Crippen molar-refractivity contribution in [1.82, 2.24) is 9.91 Å². The van der Waals surface area contributed by atoms with Gasteiger partial charge in [-0.3, -0.25) is 24.6 Å². The molecule has 3 aromatic carbocycles. The number of aromatic hydroxyl groups is 1. The largest absolute Gasteiger partial charge is 0.504 e. The number of amides is 5. The van der Waals surface area contributed by atoms with Crippen LogP contribution < -0.4 is 10.2 Å². The third-order valence-electron chi connectivity index (χ3n) is 10.4. The summed E-state index contributed by atoms with van der Waals surface area (Å²) in [7, 11) is 2.54. The zero-order chi connectivity index (χ0) is 34.1. The Kier molecular flexibility index (Phi) is 7.80. The Bertz CT molecular complexity index is 1910. The number of allylic oxidation sites excluding steroid dienone is 2. The molecule has 48 heavy (non-hydrogen) atoms. The second-order valence-corrected chi connectivity index (χ2v) is 13.8. The van der Waals surface area contributed by atoms with Gasteiger partial charge in [0.25, 0.3) is 11.8 Å². The highest BCUT2D eigenvalue weighted by atomic mass is 127. The first-order chi connectivity index (χ1) is 23.0. The van der Waals surface area contributed by atoms with E-state index in [2.05, 4.69) is 5.43 Å². The lowest BCUT2D eigenvalue weighted by Crippen LogP contribution is -2.53. The molecular weight excluding hydrogens is 729 g/mol. The van der Waals surface area contributed by atoms with Crippen LogP contribution in [0.1, 0.15) is 35.4 Å². The maximum atomic E-state index is 15.2. The second kappa shape index (κ2) is 11.8. The molecule has 2 saturated heterocycles. The highest BCUT2D eigenvalue weighted by Gasteiger charge is 2.70. The number of likely N-dealkylation sites (tertiary alicyclic amines) is 1. The third-order valence-corrected chi connectivity index (χ3v) is 11.2. The summed E-state index contributed by atoms with van der Waals surface area (Å²) in [5.74, 6) is -6.35. The Morgan fingerprint density at radius 1 is 0.958 bits per heavy atom. The van der Waals surface area contributed by atoms with Gasteiger partial charge in [0.15, 0.2) is 11.5 Å². The number of hydrogen-bond donors (Lipinski definition) is 2. The molecule has 1 saturated carbocycles. The van der Waals surface area contributed by atoms with Gasteiger partial charge in [0.1, 0.15) is 0 Å². The van der Waals surface area contributed by atoms with Crippen molar-refractivity contribution in [2.24, 2.45) is 23.7 Å². The van der Waals surface area contributed by atoms with Crippen LogP contribution in [0.4, 0.5) is 10.5 Å². The number of benzene rings is 3. The van der Waals surface area contributed by atoms with E-state index in [1.807, 2.05) is 78.1 Å². The van der Waals surface area contributed by atoms with E-state index in [9.17, 15) is 24.3 Å². The Labute approximate surface area is 290 Å². The number of imide groups is 4. The first kappa shape index (κ1) is 31.9. The molecule has 0 bridgehead atoms. The number of halogens is 1. The quantitative estimate of drug-likeness (QED) is 0.207. The number of carbonyl (C=O) groups excluding carboxylic acids is 5. The summed E-state index contributed by atoms with van der Waals surface area (Å²) in [5.41, 5.74) is 5.05. The Balaban J connectivity index is 1.47. The number of hydrogen-bond acceptors (Lipinski definition) is 9. The molecule has 2 aliphatic heterocycles. The normalized spacial score (nSPS) is 27.7. The van der Waals surface area contributed by atoms with Gasteiger partial charge in [-0.15, -0.1) is 0 Å². The molecule has 0 unspecified atom stereocenters. The van der Waals surface area contributed by atoms with Crippen LogP contribution in [0.15, 0.2) is 78.4 Å². The molecule has 0 aromatic heterocycles.